The first kappa shape index (κ1) is 16.4. The molecule has 0 spiro atoms. The van der Waals surface area contributed by atoms with Crippen LogP contribution in [-0.2, 0) is 11.8 Å². The van der Waals surface area contributed by atoms with Gasteiger partial charge in [0.25, 0.3) is 0 Å². The fourth-order valence-corrected chi connectivity index (χ4v) is 3.67. The summed E-state index contributed by atoms with van der Waals surface area (Å²) in [7, 11) is 1.96. The van der Waals surface area contributed by atoms with Crippen LogP contribution in [0.15, 0.2) is 0 Å². The Kier molecular flexibility index (Phi) is 5.32. The molecular formula is C15H26N4OS. The summed E-state index contributed by atoms with van der Waals surface area (Å²) >= 11 is 1.73. The molecular weight excluding hydrogens is 284 g/mol. The van der Waals surface area contributed by atoms with Crippen molar-refractivity contribution in [3.63, 3.8) is 0 Å². The number of amides is 1. The van der Waals surface area contributed by atoms with Crippen LogP contribution in [0.3, 0.4) is 0 Å². The fourth-order valence-electron chi connectivity index (χ4n) is 3.18. The van der Waals surface area contributed by atoms with E-state index >= 15 is 0 Å². The van der Waals surface area contributed by atoms with E-state index in [0.717, 1.165) is 42.9 Å². The lowest BCUT2D eigenvalue weighted by molar-refractivity contribution is -0.133. The Balaban J connectivity index is 2.18. The molecule has 1 saturated heterocycles. The van der Waals surface area contributed by atoms with Crippen LogP contribution in [0.2, 0.25) is 0 Å². The quantitative estimate of drug-likeness (QED) is 0.900. The number of carbonyl (C=O) groups is 1. The van der Waals surface area contributed by atoms with Crippen molar-refractivity contribution < 1.29 is 4.79 Å². The maximum absolute atomic E-state index is 12.6. The Bertz CT molecular complexity index is 514. The number of hydrogen-bond donors (Lipinski definition) is 1. The van der Waals surface area contributed by atoms with Crippen LogP contribution in [-0.4, -0.2) is 45.2 Å². The zero-order chi connectivity index (χ0) is 15.6. The van der Waals surface area contributed by atoms with Gasteiger partial charge in [0.1, 0.15) is 0 Å². The number of aryl methyl sites for hydroxylation is 2. The second kappa shape index (κ2) is 6.83. The SMILES string of the molecule is CSCC[C@@H](N)C(=O)N1CCC[C@H]1c1c(C)nn(C)c1C. The van der Waals surface area contributed by atoms with Crippen LogP contribution >= 0.6 is 11.8 Å². The van der Waals surface area contributed by atoms with Gasteiger partial charge in [-0.2, -0.15) is 16.9 Å². The molecule has 5 nitrogen and oxygen atoms in total. The molecule has 21 heavy (non-hydrogen) atoms. The lowest BCUT2D eigenvalue weighted by Gasteiger charge is -2.28. The summed E-state index contributed by atoms with van der Waals surface area (Å²) in [5.74, 6) is 1.02. The predicted molar refractivity (Wildman–Crippen MR) is 87.3 cm³/mol. The van der Waals surface area contributed by atoms with E-state index in [0.29, 0.717) is 0 Å². The molecule has 1 aliphatic heterocycles. The van der Waals surface area contributed by atoms with Gasteiger partial charge in [-0.05, 0) is 45.1 Å². The first-order chi connectivity index (χ1) is 9.97. The van der Waals surface area contributed by atoms with Crippen LogP contribution in [0.4, 0.5) is 0 Å². The van der Waals surface area contributed by atoms with Crippen molar-refractivity contribution in [2.75, 3.05) is 18.6 Å². The predicted octanol–water partition coefficient (Wildman–Crippen LogP) is 1.78. The molecule has 1 fully saturated rings. The molecule has 0 radical (unpaired) electrons. The summed E-state index contributed by atoms with van der Waals surface area (Å²) < 4.78 is 1.90. The molecule has 1 aromatic heterocycles. The molecule has 2 rings (SSSR count). The van der Waals surface area contributed by atoms with Gasteiger partial charge in [-0.3, -0.25) is 9.48 Å². The number of likely N-dealkylation sites (tertiary alicyclic amines) is 1. The van der Waals surface area contributed by atoms with Gasteiger partial charge in [0.15, 0.2) is 0 Å². The summed E-state index contributed by atoms with van der Waals surface area (Å²) in [4.78, 5) is 14.6. The first-order valence-electron chi connectivity index (χ1n) is 7.52. The van der Waals surface area contributed by atoms with Crippen LogP contribution in [0.1, 0.15) is 42.3 Å². The number of carbonyl (C=O) groups excluding carboxylic acids is 1. The molecule has 6 heteroatoms. The number of hydrogen-bond acceptors (Lipinski definition) is 4. The van der Waals surface area contributed by atoms with Crippen LogP contribution in [0, 0.1) is 13.8 Å². The van der Waals surface area contributed by atoms with E-state index < -0.39 is 0 Å². The van der Waals surface area contributed by atoms with Crippen LogP contribution in [0.5, 0.6) is 0 Å². The Morgan fingerprint density at radius 1 is 1.52 bits per heavy atom. The van der Waals surface area contributed by atoms with E-state index in [1.54, 1.807) is 11.8 Å². The minimum Gasteiger partial charge on any atom is -0.334 e. The third kappa shape index (κ3) is 3.26. The second-order valence-electron chi connectivity index (χ2n) is 5.79. The van der Waals surface area contributed by atoms with Crippen molar-refractivity contribution in [1.29, 1.82) is 0 Å². The van der Waals surface area contributed by atoms with Crippen molar-refractivity contribution in [2.45, 2.75) is 45.2 Å². The highest BCUT2D eigenvalue weighted by molar-refractivity contribution is 7.98. The molecule has 118 valence electrons. The zero-order valence-corrected chi connectivity index (χ0v) is 14.2. The van der Waals surface area contributed by atoms with E-state index in [4.69, 9.17) is 5.73 Å². The van der Waals surface area contributed by atoms with Crippen molar-refractivity contribution in [1.82, 2.24) is 14.7 Å². The largest absolute Gasteiger partial charge is 0.334 e. The monoisotopic (exact) mass is 310 g/mol. The second-order valence-corrected chi connectivity index (χ2v) is 6.77. The van der Waals surface area contributed by atoms with E-state index in [9.17, 15) is 4.79 Å². The van der Waals surface area contributed by atoms with Crippen LogP contribution < -0.4 is 5.73 Å². The van der Waals surface area contributed by atoms with Gasteiger partial charge >= 0.3 is 0 Å². The van der Waals surface area contributed by atoms with E-state index in [1.807, 2.05) is 29.8 Å². The minimum absolute atomic E-state index is 0.0919. The van der Waals surface area contributed by atoms with Crippen molar-refractivity contribution in [3.05, 3.63) is 17.0 Å². The number of thioether (sulfide) groups is 1. The number of nitrogens with two attached hydrogens (primary N) is 1. The highest BCUT2D eigenvalue weighted by Crippen LogP contribution is 2.35. The van der Waals surface area contributed by atoms with Gasteiger partial charge in [0, 0.05) is 24.8 Å². The summed E-state index contributed by atoms with van der Waals surface area (Å²) in [6.45, 7) is 4.91. The van der Waals surface area contributed by atoms with Gasteiger partial charge in [-0.25, -0.2) is 0 Å². The average Bonchev–Trinajstić information content (AvgIpc) is 3.01. The van der Waals surface area contributed by atoms with E-state index in [-0.39, 0.29) is 18.0 Å². The van der Waals surface area contributed by atoms with Crippen molar-refractivity contribution in [2.24, 2.45) is 12.8 Å². The molecule has 1 aromatic rings. The van der Waals surface area contributed by atoms with E-state index in [2.05, 4.69) is 12.0 Å². The zero-order valence-electron chi connectivity index (χ0n) is 13.4. The molecule has 2 atom stereocenters. The Hall–Kier alpha value is -1.01. The summed E-state index contributed by atoms with van der Waals surface area (Å²) in [6.07, 6.45) is 4.83. The summed E-state index contributed by atoms with van der Waals surface area (Å²) in [5.41, 5.74) is 9.46. The highest BCUT2D eigenvalue weighted by atomic mass is 32.2. The average molecular weight is 310 g/mol. The normalized spacial score (nSPS) is 20.0. The van der Waals surface area contributed by atoms with Gasteiger partial charge < -0.3 is 10.6 Å². The number of aromatic nitrogens is 2. The van der Waals surface area contributed by atoms with Gasteiger partial charge in [-0.1, -0.05) is 0 Å². The molecule has 0 aromatic carbocycles. The van der Waals surface area contributed by atoms with Crippen LogP contribution in [0.25, 0.3) is 0 Å². The topological polar surface area (TPSA) is 64.2 Å². The summed E-state index contributed by atoms with van der Waals surface area (Å²) in [6, 6.07) is -0.234. The molecule has 1 amide bonds. The molecule has 0 bridgehead atoms. The summed E-state index contributed by atoms with van der Waals surface area (Å²) in [5, 5.41) is 4.49. The molecule has 0 unspecified atom stereocenters. The maximum Gasteiger partial charge on any atom is 0.240 e. The smallest absolute Gasteiger partial charge is 0.240 e. The number of nitrogens with zero attached hydrogens (tertiary/aromatic N) is 3. The van der Waals surface area contributed by atoms with Gasteiger partial charge in [0.05, 0.1) is 17.8 Å². The van der Waals surface area contributed by atoms with Crippen molar-refractivity contribution in [3.8, 4) is 0 Å². The molecule has 2 N–H and O–H groups in total. The first-order valence-corrected chi connectivity index (χ1v) is 8.91. The maximum atomic E-state index is 12.6. The molecule has 2 heterocycles. The number of rotatable bonds is 5. The van der Waals surface area contributed by atoms with Gasteiger partial charge in [0.2, 0.25) is 5.91 Å². The minimum atomic E-state index is -0.379. The molecule has 1 aliphatic rings. The molecule has 0 saturated carbocycles. The third-order valence-electron chi connectivity index (χ3n) is 4.38. The Morgan fingerprint density at radius 3 is 2.81 bits per heavy atom. The van der Waals surface area contributed by atoms with E-state index in [1.165, 1.54) is 5.56 Å². The van der Waals surface area contributed by atoms with Gasteiger partial charge in [-0.15, -0.1) is 0 Å². The molecule has 0 aliphatic carbocycles. The lowest BCUT2D eigenvalue weighted by Crippen LogP contribution is -2.43. The Morgan fingerprint density at radius 2 is 2.24 bits per heavy atom. The van der Waals surface area contributed by atoms with Crippen molar-refractivity contribution >= 4 is 17.7 Å². The lowest BCUT2D eigenvalue weighted by atomic mass is 10.0. The Labute approximate surface area is 131 Å². The standard InChI is InChI=1S/C15H26N4OS/c1-10-14(11(2)18(3)17-10)13-6-5-8-19(13)15(20)12(16)7-9-21-4/h12-13H,5-9,16H2,1-4H3/t12-,13+/m1/s1. The third-order valence-corrected chi connectivity index (χ3v) is 5.03. The highest BCUT2D eigenvalue weighted by Gasteiger charge is 2.35. The fraction of sp³-hybridized carbons (Fsp3) is 0.733.